The van der Waals surface area contributed by atoms with Crippen molar-refractivity contribution in [1.29, 1.82) is 0 Å². The molecule has 2 aromatic heterocycles. The first kappa shape index (κ1) is 16.5. The monoisotopic (exact) mass is 404 g/mol. The summed E-state index contributed by atoms with van der Waals surface area (Å²) in [6, 6.07) is 10.9. The highest BCUT2D eigenvalue weighted by atomic mass is 79.9. The van der Waals surface area contributed by atoms with Gasteiger partial charge in [-0.2, -0.15) is 0 Å². The van der Waals surface area contributed by atoms with Gasteiger partial charge < -0.3 is 11.2 Å². The number of anilines is 1. The van der Waals surface area contributed by atoms with Crippen LogP contribution in [0, 0.1) is 0 Å². The fourth-order valence-corrected chi connectivity index (χ4v) is 2.85. The first-order valence-corrected chi connectivity index (χ1v) is 8.70. The maximum absolute atomic E-state index is 12.0. The van der Waals surface area contributed by atoms with Gasteiger partial charge in [0, 0.05) is 28.1 Å². The predicted octanol–water partition coefficient (Wildman–Crippen LogP) is 2.55. The summed E-state index contributed by atoms with van der Waals surface area (Å²) in [6.07, 6.45) is 3.31. The van der Waals surface area contributed by atoms with Crippen molar-refractivity contribution < 1.29 is 4.79 Å². The SMILES string of the molecule is Nn1c(SCC(=O)Nc2ccc(Br)cc2)nnc1-c1ccncc1. The highest BCUT2D eigenvalue weighted by Gasteiger charge is 2.13. The Labute approximate surface area is 150 Å². The molecule has 0 aliphatic carbocycles. The molecule has 0 fully saturated rings. The molecule has 3 rings (SSSR count). The highest BCUT2D eigenvalue weighted by Crippen LogP contribution is 2.21. The fraction of sp³-hybridized carbons (Fsp3) is 0.0667. The minimum atomic E-state index is -0.143. The van der Waals surface area contributed by atoms with Crippen molar-refractivity contribution >= 4 is 39.3 Å². The molecule has 1 amide bonds. The van der Waals surface area contributed by atoms with Crippen LogP contribution in [0.15, 0.2) is 58.4 Å². The summed E-state index contributed by atoms with van der Waals surface area (Å²) in [5.74, 6) is 6.57. The van der Waals surface area contributed by atoms with Crippen molar-refractivity contribution in [2.24, 2.45) is 0 Å². The average molecular weight is 405 g/mol. The number of thioether (sulfide) groups is 1. The van der Waals surface area contributed by atoms with Crippen LogP contribution in [0.4, 0.5) is 5.69 Å². The summed E-state index contributed by atoms with van der Waals surface area (Å²) in [4.78, 5) is 16.0. The molecule has 0 bridgehead atoms. The number of aromatic nitrogens is 4. The number of carbonyl (C=O) groups is 1. The van der Waals surface area contributed by atoms with E-state index in [-0.39, 0.29) is 11.7 Å². The number of nitrogens with one attached hydrogen (secondary N) is 1. The highest BCUT2D eigenvalue weighted by molar-refractivity contribution is 9.10. The summed E-state index contributed by atoms with van der Waals surface area (Å²) in [7, 11) is 0. The zero-order valence-corrected chi connectivity index (χ0v) is 14.8. The molecule has 0 aliphatic rings. The predicted molar refractivity (Wildman–Crippen MR) is 96.9 cm³/mol. The molecule has 24 heavy (non-hydrogen) atoms. The van der Waals surface area contributed by atoms with Gasteiger partial charge in [0.1, 0.15) is 0 Å². The van der Waals surface area contributed by atoms with Crippen LogP contribution in [-0.4, -0.2) is 31.5 Å². The summed E-state index contributed by atoms with van der Waals surface area (Å²) in [6.45, 7) is 0. The van der Waals surface area contributed by atoms with Crippen molar-refractivity contribution in [2.45, 2.75) is 5.16 Å². The van der Waals surface area contributed by atoms with E-state index in [0.29, 0.717) is 11.0 Å². The molecule has 3 aromatic rings. The van der Waals surface area contributed by atoms with Crippen LogP contribution in [0.1, 0.15) is 0 Å². The van der Waals surface area contributed by atoms with E-state index in [2.05, 4.69) is 36.4 Å². The number of pyridine rings is 1. The van der Waals surface area contributed by atoms with Crippen molar-refractivity contribution in [3.8, 4) is 11.4 Å². The lowest BCUT2D eigenvalue weighted by atomic mass is 10.2. The third kappa shape index (κ3) is 3.92. The van der Waals surface area contributed by atoms with Gasteiger partial charge in [-0.1, -0.05) is 27.7 Å². The average Bonchev–Trinajstić information content (AvgIpc) is 2.97. The van der Waals surface area contributed by atoms with E-state index in [9.17, 15) is 4.79 Å². The molecule has 0 atom stereocenters. The number of rotatable bonds is 5. The minimum Gasteiger partial charge on any atom is -0.335 e. The smallest absolute Gasteiger partial charge is 0.234 e. The van der Waals surface area contributed by atoms with E-state index in [1.807, 2.05) is 24.3 Å². The first-order chi connectivity index (χ1) is 11.6. The molecule has 3 N–H and O–H groups in total. The van der Waals surface area contributed by atoms with E-state index in [1.54, 1.807) is 24.5 Å². The third-order valence-electron chi connectivity index (χ3n) is 3.06. The van der Waals surface area contributed by atoms with Gasteiger partial charge in [0.2, 0.25) is 11.1 Å². The molecule has 9 heteroatoms. The Morgan fingerprint density at radius 2 is 1.88 bits per heavy atom. The van der Waals surface area contributed by atoms with Gasteiger partial charge >= 0.3 is 0 Å². The molecule has 122 valence electrons. The van der Waals surface area contributed by atoms with Crippen LogP contribution in [0.25, 0.3) is 11.4 Å². The summed E-state index contributed by atoms with van der Waals surface area (Å²) in [5, 5.41) is 11.4. The van der Waals surface area contributed by atoms with Gasteiger partial charge in [0.25, 0.3) is 0 Å². The van der Waals surface area contributed by atoms with E-state index < -0.39 is 0 Å². The zero-order chi connectivity index (χ0) is 16.9. The third-order valence-corrected chi connectivity index (χ3v) is 4.54. The second-order valence-electron chi connectivity index (χ2n) is 4.76. The maximum Gasteiger partial charge on any atom is 0.234 e. The standard InChI is InChI=1S/C15H13BrN6OS/c16-11-1-3-12(4-2-11)19-13(23)9-24-15-21-20-14(22(15)17)10-5-7-18-8-6-10/h1-8H,9,17H2,(H,19,23). The molecule has 0 aliphatic heterocycles. The Hall–Kier alpha value is -2.39. The van der Waals surface area contributed by atoms with Crippen molar-refractivity contribution in [3.63, 3.8) is 0 Å². The molecule has 0 saturated carbocycles. The number of nitrogen functional groups attached to an aromatic ring is 1. The number of amides is 1. The van der Waals surface area contributed by atoms with Gasteiger partial charge in [0.05, 0.1) is 5.75 Å². The maximum atomic E-state index is 12.0. The molecular formula is C15H13BrN6OS. The van der Waals surface area contributed by atoms with E-state index in [1.165, 1.54) is 16.4 Å². The molecular weight excluding hydrogens is 392 g/mol. The normalized spacial score (nSPS) is 10.5. The number of carbonyl (C=O) groups excluding carboxylic acids is 1. The molecule has 2 heterocycles. The summed E-state index contributed by atoms with van der Waals surface area (Å²) < 4.78 is 2.32. The minimum absolute atomic E-state index is 0.143. The van der Waals surface area contributed by atoms with Crippen LogP contribution in [-0.2, 0) is 4.79 Å². The Kier molecular flexibility index (Phi) is 5.11. The quantitative estimate of drug-likeness (QED) is 0.500. The molecule has 0 saturated heterocycles. The number of nitrogens with zero attached hydrogens (tertiary/aromatic N) is 4. The number of halogens is 1. The molecule has 7 nitrogen and oxygen atoms in total. The summed E-state index contributed by atoms with van der Waals surface area (Å²) >= 11 is 4.57. The number of benzene rings is 1. The van der Waals surface area contributed by atoms with E-state index in [4.69, 9.17) is 5.84 Å². The van der Waals surface area contributed by atoms with Crippen molar-refractivity contribution in [3.05, 3.63) is 53.3 Å². The van der Waals surface area contributed by atoms with Crippen molar-refractivity contribution in [1.82, 2.24) is 19.9 Å². The number of hydrogen-bond acceptors (Lipinski definition) is 6. The van der Waals surface area contributed by atoms with E-state index in [0.717, 1.165) is 15.7 Å². The fourth-order valence-electron chi connectivity index (χ4n) is 1.93. The van der Waals surface area contributed by atoms with Crippen LogP contribution >= 0.6 is 27.7 Å². The van der Waals surface area contributed by atoms with Gasteiger partial charge in [0.15, 0.2) is 5.82 Å². The van der Waals surface area contributed by atoms with Crippen LogP contribution in [0.2, 0.25) is 0 Å². The first-order valence-electron chi connectivity index (χ1n) is 6.92. The Balaban J connectivity index is 1.62. The van der Waals surface area contributed by atoms with Gasteiger partial charge in [-0.05, 0) is 36.4 Å². The lowest BCUT2D eigenvalue weighted by Crippen LogP contribution is -2.16. The van der Waals surface area contributed by atoms with Crippen LogP contribution in [0.5, 0.6) is 0 Å². The summed E-state index contributed by atoms with van der Waals surface area (Å²) in [5.41, 5.74) is 1.54. The molecule has 0 radical (unpaired) electrons. The Morgan fingerprint density at radius 1 is 1.17 bits per heavy atom. The van der Waals surface area contributed by atoms with Crippen LogP contribution in [0.3, 0.4) is 0 Å². The Morgan fingerprint density at radius 3 is 2.58 bits per heavy atom. The molecule has 1 aromatic carbocycles. The van der Waals surface area contributed by atoms with E-state index >= 15 is 0 Å². The molecule has 0 unspecified atom stereocenters. The van der Waals surface area contributed by atoms with Gasteiger partial charge in [-0.3, -0.25) is 9.78 Å². The van der Waals surface area contributed by atoms with Gasteiger partial charge in [-0.15, -0.1) is 10.2 Å². The lowest BCUT2D eigenvalue weighted by molar-refractivity contribution is -0.113. The number of hydrogen-bond donors (Lipinski definition) is 2. The Bertz CT molecular complexity index is 837. The van der Waals surface area contributed by atoms with Crippen molar-refractivity contribution in [2.75, 3.05) is 16.9 Å². The van der Waals surface area contributed by atoms with Crippen LogP contribution < -0.4 is 11.2 Å². The largest absolute Gasteiger partial charge is 0.335 e. The second kappa shape index (κ2) is 7.45. The topological polar surface area (TPSA) is 98.7 Å². The number of nitrogens with two attached hydrogens (primary N) is 1. The van der Waals surface area contributed by atoms with Gasteiger partial charge in [-0.25, -0.2) is 4.68 Å². The lowest BCUT2D eigenvalue weighted by Gasteiger charge is -2.05. The molecule has 0 spiro atoms. The zero-order valence-electron chi connectivity index (χ0n) is 12.4. The second-order valence-corrected chi connectivity index (χ2v) is 6.61.